The highest BCUT2D eigenvalue weighted by atomic mass is 32.2. The van der Waals surface area contributed by atoms with Gasteiger partial charge in [0.25, 0.3) is 5.91 Å². The molecule has 1 N–H and O–H groups in total. The normalized spacial score (nSPS) is 19.3. The minimum absolute atomic E-state index is 0.347. The zero-order valence-electron chi connectivity index (χ0n) is 14.7. The molecule has 26 heavy (non-hydrogen) atoms. The number of carbonyl (C=O) groups is 3. The topological polar surface area (TPSA) is 88.0 Å². The lowest BCUT2D eigenvalue weighted by Crippen LogP contribution is -2.49. The van der Waals surface area contributed by atoms with E-state index < -0.39 is 11.9 Å². The number of hydrogen-bond donors (Lipinski definition) is 1. The number of methoxy groups -OCH3 is 2. The van der Waals surface area contributed by atoms with Crippen LogP contribution < -0.4 is 14.8 Å². The lowest BCUT2D eigenvalue weighted by molar-refractivity contribution is -0.403. The summed E-state index contributed by atoms with van der Waals surface area (Å²) in [5.41, 5.74) is 0.479. The zero-order chi connectivity index (χ0) is 19.0. The van der Waals surface area contributed by atoms with Gasteiger partial charge in [0.2, 0.25) is 0 Å². The molecule has 0 saturated carbocycles. The molecule has 0 fully saturated rings. The number of hydrogen-bond acceptors (Lipinski definition) is 6. The molecule has 9 heteroatoms. The third kappa shape index (κ3) is 2.94. The molecule has 0 aliphatic carbocycles. The fourth-order valence-corrected chi connectivity index (χ4v) is 3.80. The van der Waals surface area contributed by atoms with Crippen LogP contribution in [0.2, 0.25) is 0 Å². The molecule has 1 atom stereocenters. The number of benzene rings is 1. The van der Waals surface area contributed by atoms with Gasteiger partial charge in [0.1, 0.15) is 17.4 Å². The van der Waals surface area contributed by atoms with Crippen LogP contribution >= 0.6 is 11.8 Å². The van der Waals surface area contributed by atoms with E-state index in [0.717, 1.165) is 16.7 Å². The maximum Gasteiger partial charge on any atom is 0.500 e. The maximum atomic E-state index is 12.6. The van der Waals surface area contributed by atoms with Crippen LogP contribution in [0, 0.1) is 5.92 Å². The van der Waals surface area contributed by atoms with Crippen LogP contribution in [0.3, 0.4) is 0 Å². The predicted molar refractivity (Wildman–Crippen MR) is 96.7 cm³/mol. The Kier molecular flexibility index (Phi) is 4.73. The number of anilines is 1. The standard InChI is InChI=1S/C17H17N3O5S/c1-19-15(22)10-8-13(26-16(10)20(2)17(19)23)14(21)18-11-6-5-9(24-3)7-12(11)25-4/h5-8,10H,1-4H3/p+1. The minimum atomic E-state index is -0.619. The van der Waals surface area contributed by atoms with Crippen LogP contribution in [0.15, 0.2) is 29.2 Å². The highest BCUT2D eigenvalue weighted by Gasteiger charge is 2.48. The molecule has 8 nitrogen and oxygen atoms in total. The minimum Gasteiger partial charge on any atom is -0.497 e. The van der Waals surface area contributed by atoms with Gasteiger partial charge >= 0.3 is 11.9 Å². The van der Waals surface area contributed by atoms with E-state index in [1.807, 2.05) is 0 Å². The zero-order valence-corrected chi connectivity index (χ0v) is 15.5. The van der Waals surface area contributed by atoms with E-state index in [0.29, 0.717) is 27.1 Å². The molecule has 0 spiro atoms. The second-order valence-electron chi connectivity index (χ2n) is 5.71. The average Bonchev–Trinajstić information content (AvgIpc) is 3.10. The Morgan fingerprint density at radius 2 is 2.00 bits per heavy atom. The number of imide groups is 1. The van der Waals surface area contributed by atoms with Crippen molar-refractivity contribution in [3.05, 3.63) is 29.2 Å². The molecule has 1 aromatic carbocycles. The van der Waals surface area contributed by atoms with Crippen molar-refractivity contribution >= 4 is 40.3 Å². The van der Waals surface area contributed by atoms with E-state index >= 15 is 0 Å². The number of fused-ring (bicyclic) bond motifs is 1. The first-order valence-electron chi connectivity index (χ1n) is 7.72. The van der Waals surface area contributed by atoms with Crippen LogP contribution in [-0.4, -0.2) is 60.7 Å². The highest BCUT2D eigenvalue weighted by molar-refractivity contribution is 8.18. The SMILES string of the molecule is COc1ccc(NC(=O)C2=CC3C(=O)N(C)C(=O)[N+](C)=C3S2)c(OC)c1. The Bertz CT molecular complexity index is 877. The van der Waals surface area contributed by atoms with E-state index in [4.69, 9.17) is 9.47 Å². The maximum absolute atomic E-state index is 12.6. The quantitative estimate of drug-likeness (QED) is 0.802. The highest BCUT2D eigenvalue weighted by Crippen LogP contribution is 2.37. The number of nitrogens with zero attached hydrogens (tertiary/aromatic N) is 2. The van der Waals surface area contributed by atoms with Gasteiger partial charge in [0.15, 0.2) is 5.04 Å². The summed E-state index contributed by atoms with van der Waals surface area (Å²) in [4.78, 5) is 38.4. The van der Waals surface area contributed by atoms with Crippen molar-refractivity contribution in [3.63, 3.8) is 0 Å². The van der Waals surface area contributed by atoms with Gasteiger partial charge in [-0.05, 0) is 30.0 Å². The summed E-state index contributed by atoms with van der Waals surface area (Å²) >= 11 is 1.12. The van der Waals surface area contributed by atoms with Crippen LogP contribution in [0.1, 0.15) is 0 Å². The third-order valence-electron chi connectivity index (χ3n) is 4.18. The fraction of sp³-hybridized carbons (Fsp3) is 0.294. The monoisotopic (exact) mass is 376 g/mol. The smallest absolute Gasteiger partial charge is 0.497 e. The van der Waals surface area contributed by atoms with Gasteiger partial charge in [0, 0.05) is 6.07 Å². The van der Waals surface area contributed by atoms with Gasteiger partial charge < -0.3 is 14.8 Å². The number of nitrogens with one attached hydrogen (secondary N) is 1. The molecular formula is C17H18N3O5S+. The molecule has 1 unspecified atom stereocenters. The van der Waals surface area contributed by atoms with E-state index in [2.05, 4.69) is 5.32 Å². The summed E-state index contributed by atoms with van der Waals surface area (Å²) in [6.45, 7) is 0. The number of carbonyl (C=O) groups excluding carboxylic acids is 3. The molecule has 0 bridgehead atoms. The Hall–Kier alpha value is -2.81. The summed E-state index contributed by atoms with van der Waals surface area (Å²) < 4.78 is 11.8. The van der Waals surface area contributed by atoms with Crippen molar-refractivity contribution < 1.29 is 28.4 Å². The first-order valence-corrected chi connectivity index (χ1v) is 8.54. The van der Waals surface area contributed by atoms with Crippen molar-refractivity contribution in [3.8, 4) is 11.5 Å². The van der Waals surface area contributed by atoms with Crippen molar-refractivity contribution in [1.82, 2.24) is 4.90 Å². The molecule has 2 aliphatic rings. The van der Waals surface area contributed by atoms with Crippen molar-refractivity contribution in [2.24, 2.45) is 5.92 Å². The molecule has 3 rings (SSSR count). The summed E-state index contributed by atoms with van der Waals surface area (Å²) in [6, 6.07) is 4.62. The first-order chi connectivity index (χ1) is 12.4. The molecular weight excluding hydrogens is 358 g/mol. The molecule has 0 saturated heterocycles. The van der Waals surface area contributed by atoms with Gasteiger partial charge in [0.05, 0.1) is 38.9 Å². The number of amides is 4. The van der Waals surface area contributed by atoms with Gasteiger partial charge in [-0.15, -0.1) is 0 Å². The van der Waals surface area contributed by atoms with E-state index in [9.17, 15) is 14.4 Å². The lowest BCUT2D eigenvalue weighted by atomic mass is 10.1. The third-order valence-corrected chi connectivity index (χ3v) is 5.46. The molecule has 2 heterocycles. The molecule has 1 aromatic rings. The summed E-state index contributed by atoms with van der Waals surface area (Å²) in [5, 5.41) is 3.30. The molecule has 136 valence electrons. The number of rotatable bonds is 4. The molecule has 4 amide bonds. The van der Waals surface area contributed by atoms with Crippen LogP contribution in [0.4, 0.5) is 10.5 Å². The fourth-order valence-electron chi connectivity index (χ4n) is 2.72. The summed E-state index contributed by atoms with van der Waals surface area (Å²) in [7, 11) is 6.05. The van der Waals surface area contributed by atoms with Gasteiger partial charge in [-0.3, -0.25) is 4.79 Å². The second kappa shape index (κ2) is 6.83. The van der Waals surface area contributed by atoms with Crippen molar-refractivity contribution in [2.75, 3.05) is 33.6 Å². The van der Waals surface area contributed by atoms with E-state index in [1.54, 1.807) is 31.3 Å². The number of urea groups is 1. The predicted octanol–water partition coefficient (Wildman–Crippen LogP) is 1.52. The number of ether oxygens (including phenoxy) is 2. The number of thioether (sulfide) groups is 1. The van der Waals surface area contributed by atoms with Crippen LogP contribution in [0.5, 0.6) is 11.5 Å². The summed E-state index contributed by atoms with van der Waals surface area (Å²) in [6.07, 6.45) is 1.58. The molecule has 0 aromatic heterocycles. The summed E-state index contributed by atoms with van der Waals surface area (Å²) in [5.74, 6) is -0.289. The van der Waals surface area contributed by atoms with Crippen LogP contribution in [-0.2, 0) is 9.59 Å². The van der Waals surface area contributed by atoms with Gasteiger partial charge in [-0.1, -0.05) is 0 Å². The first kappa shape index (κ1) is 18.0. The Labute approximate surface area is 154 Å². The van der Waals surface area contributed by atoms with Crippen molar-refractivity contribution in [2.45, 2.75) is 0 Å². The van der Waals surface area contributed by atoms with E-state index in [1.165, 1.54) is 25.8 Å². The van der Waals surface area contributed by atoms with Gasteiger partial charge in [-0.25, -0.2) is 4.79 Å². The van der Waals surface area contributed by atoms with Crippen molar-refractivity contribution in [1.29, 1.82) is 0 Å². The average molecular weight is 376 g/mol. The molecule has 2 aliphatic heterocycles. The van der Waals surface area contributed by atoms with Gasteiger partial charge in [-0.2, -0.15) is 14.3 Å². The lowest BCUT2D eigenvalue weighted by Gasteiger charge is -2.18. The van der Waals surface area contributed by atoms with Crippen LogP contribution in [0.25, 0.3) is 0 Å². The Balaban J connectivity index is 1.85. The Morgan fingerprint density at radius 1 is 1.27 bits per heavy atom. The van der Waals surface area contributed by atoms with E-state index in [-0.39, 0.29) is 11.8 Å². The second-order valence-corrected chi connectivity index (χ2v) is 6.77. The largest absolute Gasteiger partial charge is 0.500 e. The molecule has 0 radical (unpaired) electrons. The Morgan fingerprint density at radius 3 is 2.65 bits per heavy atom.